The van der Waals surface area contributed by atoms with Crippen molar-refractivity contribution in [3.63, 3.8) is 0 Å². The summed E-state index contributed by atoms with van der Waals surface area (Å²) in [7, 11) is 0. The van der Waals surface area contributed by atoms with Gasteiger partial charge in [0.05, 0.1) is 11.7 Å². The average molecular weight is 292 g/mol. The smallest absolute Gasteiger partial charge is 0.262 e. The second kappa shape index (κ2) is 5.72. The quantitative estimate of drug-likeness (QED) is 0.863. The molecule has 0 spiro atoms. The molecular weight excluding hydrogens is 276 g/mol. The SMILES string of the molecule is O=C(Cn1cnc2sccc2c1=O)N1CCCNCC1. The Balaban J connectivity index is 1.79. The maximum atomic E-state index is 12.3. The molecule has 0 saturated carbocycles. The summed E-state index contributed by atoms with van der Waals surface area (Å²) < 4.78 is 1.40. The van der Waals surface area contributed by atoms with E-state index in [1.807, 2.05) is 10.3 Å². The van der Waals surface area contributed by atoms with Crippen molar-refractivity contribution < 1.29 is 4.79 Å². The normalized spacial score (nSPS) is 16.3. The Kier molecular flexibility index (Phi) is 3.79. The second-order valence-electron chi connectivity index (χ2n) is 4.80. The van der Waals surface area contributed by atoms with Crippen LogP contribution in [0.1, 0.15) is 6.42 Å². The van der Waals surface area contributed by atoms with E-state index < -0.39 is 0 Å². The van der Waals surface area contributed by atoms with E-state index in [1.165, 1.54) is 22.2 Å². The highest BCUT2D eigenvalue weighted by molar-refractivity contribution is 7.16. The summed E-state index contributed by atoms with van der Waals surface area (Å²) in [4.78, 5) is 31.2. The van der Waals surface area contributed by atoms with Crippen molar-refractivity contribution in [2.24, 2.45) is 0 Å². The number of amides is 1. The van der Waals surface area contributed by atoms with Gasteiger partial charge in [0.2, 0.25) is 5.91 Å². The number of hydrogen-bond acceptors (Lipinski definition) is 5. The van der Waals surface area contributed by atoms with E-state index in [-0.39, 0.29) is 18.0 Å². The topological polar surface area (TPSA) is 67.2 Å². The van der Waals surface area contributed by atoms with Gasteiger partial charge in [-0.05, 0) is 24.4 Å². The van der Waals surface area contributed by atoms with Gasteiger partial charge >= 0.3 is 0 Å². The maximum Gasteiger partial charge on any atom is 0.262 e. The zero-order valence-electron chi connectivity index (χ0n) is 11.0. The minimum absolute atomic E-state index is 0.0211. The van der Waals surface area contributed by atoms with Gasteiger partial charge in [0.15, 0.2) is 0 Å². The molecule has 7 heteroatoms. The van der Waals surface area contributed by atoms with Crippen molar-refractivity contribution in [3.8, 4) is 0 Å². The van der Waals surface area contributed by atoms with Crippen molar-refractivity contribution in [3.05, 3.63) is 28.1 Å². The molecule has 0 unspecified atom stereocenters. The van der Waals surface area contributed by atoms with E-state index in [9.17, 15) is 9.59 Å². The molecule has 0 radical (unpaired) electrons. The summed E-state index contributed by atoms with van der Waals surface area (Å²) in [5.41, 5.74) is -0.141. The van der Waals surface area contributed by atoms with E-state index in [0.717, 1.165) is 30.9 Å². The Morgan fingerprint density at radius 2 is 2.30 bits per heavy atom. The van der Waals surface area contributed by atoms with Gasteiger partial charge in [-0.2, -0.15) is 0 Å². The third-order valence-electron chi connectivity index (χ3n) is 3.45. The van der Waals surface area contributed by atoms with Gasteiger partial charge in [0, 0.05) is 19.6 Å². The van der Waals surface area contributed by atoms with E-state index in [1.54, 1.807) is 6.07 Å². The first kappa shape index (κ1) is 13.3. The number of thiophene rings is 1. The van der Waals surface area contributed by atoms with Crippen molar-refractivity contribution in [2.45, 2.75) is 13.0 Å². The highest BCUT2D eigenvalue weighted by atomic mass is 32.1. The van der Waals surface area contributed by atoms with Crippen LogP contribution in [0.5, 0.6) is 0 Å². The lowest BCUT2D eigenvalue weighted by molar-refractivity contribution is -0.131. The van der Waals surface area contributed by atoms with Crippen LogP contribution in [0.3, 0.4) is 0 Å². The van der Waals surface area contributed by atoms with Crippen molar-refractivity contribution in [2.75, 3.05) is 26.2 Å². The number of rotatable bonds is 2. The van der Waals surface area contributed by atoms with Gasteiger partial charge in [0.25, 0.3) is 5.56 Å². The van der Waals surface area contributed by atoms with E-state index in [0.29, 0.717) is 11.9 Å². The van der Waals surface area contributed by atoms with E-state index >= 15 is 0 Å². The molecule has 1 amide bonds. The Bertz CT molecular complexity index is 670. The van der Waals surface area contributed by atoms with Crippen LogP contribution in [0.25, 0.3) is 10.2 Å². The van der Waals surface area contributed by atoms with Crippen molar-refractivity contribution >= 4 is 27.5 Å². The molecule has 0 aliphatic carbocycles. The summed E-state index contributed by atoms with van der Waals surface area (Å²) in [5, 5.41) is 5.68. The number of nitrogens with zero attached hydrogens (tertiary/aromatic N) is 3. The highest BCUT2D eigenvalue weighted by Gasteiger charge is 2.16. The molecular formula is C13H16N4O2S. The molecule has 3 rings (SSSR count). The van der Waals surface area contributed by atoms with Crippen molar-refractivity contribution in [1.29, 1.82) is 0 Å². The Morgan fingerprint density at radius 1 is 1.40 bits per heavy atom. The van der Waals surface area contributed by atoms with Crippen LogP contribution < -0.4 is 10.9 Å². The largest absolute Gasteiger partial charge is 0.340 e. The molecule has 3 heterocycles. The van der Waals surface area contributed by atoms with Gasteiger partial charge < -0.3 is 10.2 Å². The molecule has 1 aliphatic heterocycles. The average Bonchev–Trinajstić information content (AvgIpc) is 2.76. The Hall–Kier alpha value is -1.73. The van der Waals surface area contributed by atoms with Crippen LogP contribution in [0.4, 0.5) is 0 Å². The number of aromatic nitrogens is 2. The summed E-state index contributed by atoms with van der Waals surface area (Å²) in [6.45, 7) is 3.25. The summed E-state index contributed by atoms with van der Waals surface area (Å²) in [6, 6.07) is 1.76. The molecule has 2 aromatic heterocycles. The highest BCUT2D eigenvalue weighted by Crippen LogP contribution is 2.13. The lowest BCUT2D eigenvalue weighted by Crippen LogP contribution is -2.38. The van der Waals surface area contributed by atoms with Gasteiger partial charge in [-0.1, -0.05) is 0 Å². The van der Waals surface area contributed by atoms with Crippen LogP contribution in [0, 0.1) is 0 Å². The molecule has 6 nitrogen and oxygen atoms in total. The summed E-state index contributed by atoms with van der Waals surface area (Å²) >= 11 is 1.43. The zero-order valence-corrected chi connectivity index (χ0v) is 11.9. The molecule has 1 fully saturated rings. The maximum absolute atomic E-state index is 12.3. The number of hydrogen-bond donors (Lipinski definition) is 1. The molecule has 0 aromatic carbocycles. The van der Waals surface area contributed by atoms with E-state index in [4.69, 9.17) is 0 Å². The Labute approximate surface area is 120 Å². The third-order valence-corrected chi connectivity index (χ3v) is 4.27. The van der Waals surface area contributed by atoms with Crippen LogP contribution in [-0.4, -0.2) is 46.5 Å². The molecule has 1 N–H and O–H groups in total. The number of carbonyl (C=O) groups excluding carboxylic acids is 1. The van der Waals surface area contributed by atoms with Crippen LogP contribution in [0.2, 0.25) is 0 Å². The summed E-state index contributed by atoms with van der Waals surface area (Å²) in [6.07, 6.45) is 2.41. The predicted molar refractivity (Wildman–Crippen MR) is 77.9 cm³/mol. The summed E-state index contributed by atoms with van der Waals surface area (Å²) in [5.74, 6) is -0.0211. The molecule has 0 atom stereocenters. The minimum Gasteiger partial charge on any atom is -0.340 e. The van der Waals surface area contributed by atoms with Crippen LogP contribution >= 0.6 is 11.3 Å². The molecule has 1 saturated heterocycles. The fourth-order valence-corrected chi connectivity index (χ4v) is 3.07. The molecule has 2 aromatic rings. The number of carbonyl (C=O) groups is 1. The lowest BCUT2D eigenvalue weighted by Gasteiger charge is -2.20. The van der Waals surface area contributed by atoms with Gasteiger partial charge in [-0.25, -0.2) is 4.98 Å². The van der Waals surface area contributed by atoms with Gasteiger partial charge in [-0.3, -0.25) is 14.2 Å². The number of nitrogens with one attached hydrogen (secondary N) is 1. The minimum atomic E-state index is -0.141. The van der Waals surface area contributed by atoms with Crippen molar-refractivity contribution in [1.82, 2.24) is 19.8 Å². The zero-order chi connectivity index (χ0) is 13.9. The Morgan fingerprint density at radius 3 is 3.20 bits per heavy atom. The molecule has 20 heavy (non-hydrogen) atoms. The fourth-order valence-electron chi connectivity index (χ4n) is 2.35. The second-order valence-corrected chi connectivity index (χ2v) is 5.70. The first-order valence-electron chi connectivity index (χ1n) is 6.67. The third kappa shape index (κ3) is 2.59. The van der Waals surface area contributed by atoms with Crippen LogP contribution in [0.15, 0.2) is 22.6 Å². The molecule has 106 valence electrons. The fraction of sp³-hybridized carbons (Fsp3) is 0.462. The monoisotopic (exact) mass is 292 g/mol. The number of fused-ring (bicyclic) bond motifs is 1. The first-order chi connectivity index (χ1) is 9.75. The van der Waals surface area contributed by atoms with Gasteiger partial charge in [-0.15, -0.1) is 11.3 Å². The molecule has 1 aliphatic rings. The van der Waals surface area contributed by atoms with Gasteiger partial charge in [0.1, 0.15) is 11.4 Å². The standard InChI is InChI=1S/C13H16N4O2S/c18-11(16-5-1-3-14-4-6-16)8-17-9-15-12-10(13(17)19)2-7-20-12/h2,7,9,14H,1,3-6,8H2. The first-order valence-corrected chi connectivity index (χ1v) is 7.55. The van der Waals surface area contributed by atoms with E-state index in [2.05, 4.69) is 10.3 Å². The predicted octanol–water partition coefficient (Wildman–Crippen LogP) is 0.280. The lowest BCUT2D eigenvalue weighted by atomic mass is 10.3. The van der Waals surface area contributed by atoms with Crippen LogP contribution in [-0.2, 0) is 11.3 Å². The molecule has 0 bridgehead atoms.